The van der Waals surface area contributed by atoms with Crippen LogP contribution < -0.4 is 0 Å². The molecule has 3 rings (SSSR count). The van der Waals surface area contributed by atoms with Gasteiger partial charge in [0.25, 0.3) is 0 Å². The number of rotatable bonds is 4. The van der Waals surface area contributed by atoms with Crippen molar-refractivity contribution < 1.29 is 9.59 Å². The maximum Gasteiger partial charge on any atom is 0.151 e. The molecule has 0 radical (unpaired) electrons. The number of nitrogens with zero attached hydrogens (tertiary/aromatic N) is 2. The minimum atomic E-state index is -0.726. The number of hydrogen-bond acceptors (Lipinski definition) is 4. The van der Waals surface area contributed by atoms with E-state index in [0.717, 1.165) is 35.1 Å². The molecule has 0 bridgehead atoms. The highest BCUT2D eigenvalue weighted by Gasteiger charge is 2.55. The summed E-state index contributed by atoms with van der Waals surface area (Å²) in [5.74, 6) is -2.18. The number of benzene rings is 1. The third kappa shape index (κ3) is 2.74. The Bertz CT molecular complexity index is 780. The van der Waals surface area contributed by atoms with Gasteiger partial charge < -0.3 is 0 Å². The average Bonchev–Trinajstić information content (AvgIpc) is 3.16. The summed E-state index contributed by atoms with van der Waals surface area (Å²) < 4.78 is 0. The van der Waals surface area contributed by atoms with Crippen LogP contribution in [0.2, 0.25) is 0 Å². The van der Waals surface area contributed by atoms with E-state index >= 15 is 0 Å². The van der Waals surface area contributed by atoms with Crippen LogP contribution in [0.15, 0.2) is 12.1 Å². The van der Waals surface area contributed by atoms with Gasteiger partial charge in [-0.2, -0.15) is 10.5 Å². The molecular formula is C22H24N2O2. The molecular weight excluding hydrogens is 324 g/mol. The van der Waals surface area contributed by atoms with E-state index in [0.29, 0.717) is 12.8 Å². The lowest BCUT2D eigenvalue weighted by Gasteiger charge is -2.20. The lowest BCUT2D eigenvalue weighted by Crippen LogP contribution is -2.22. The summed E-state index contributed by atoms with van der Waals surface area (Å²) in [6, 6.07) is 8.21. The molecule has 0 amide bonds. The van der Waals surface area contributed by atoms with Gasteiger partial charge in [-0.3, -0.25) is 9.59 Å². The van der Waals surface area contributed by atoms with Crippen LogP contribution in [0.25, 0.3) is 0 Å². The van der Waals surface area contributed by atoms with Crippen molar-refractivity contribution >= 4 is 11.6 Å². The van der Waals surface area contributed by atoms with E-state index < -0.39 is 11.8 Å². The Morgan fingerprint density at radius 1 is 1.00 bits per heavy atom. The highest BCUT2D eigenvalue weighted by Crippen LogP contribution is 2.51. The second-order valence-corrected chi connectivity index (χ2v) is 7.62. The Hall–Kier alpha value is -2.46. The highest BCUT2D eigenvalue weighted by molar-refractivity contribution is 6.16. The molecule has 2 aliphatic rings. The van der Waals surface area contributed by atoms with Gasteiger partial charge in [0.15, 0.2) is 11.6 Å². The van der Waals surface area contributed by atoms with Crippen LogP contribution in [0.5, 0.6) is 0 Å². The van der Waals surface area contributed by atoms with E-state index in [4.69, 9.17) is 10.5 Å². The number of carbonyl (C=O) groups excluding carboxylic acids is 2. The molecule has 0 spiro atoms. The Kier molecular flexibility index (Phi) is 4.97. The zero-order valence-corrected chi connectivity index (χ0v) is 15.6. The first kappa shape index (κ1) is 18.3. The van der Waals surface area contributed by atoms with Gasteiger partial charge in [0.05, 0.1) is 12.1 Å². The van der Waals surface area contributed by atoms with Gasteiger partial charge in [-0.05, 0) is 55.2 Å². The van der Waals surface area contributed by atoms with Gasteiger partial charge in [0, 0.05) is 11.8 Å². The van der Waals surface area contributed by atoms with Crippen molar-refractivity contribution in [2.75, 3.05) is 0 Å². The largest absolute Gasteiger partial charge is 0.298 e. The van der Waals surface area contributed by atoms with E-state index in [1.54, 1.807) is 0 Å². The number of fused-ring (bicyclic) bond motifs is 1. The fourth-order valence-corrected chi connectivity index (χ4v) is 4.98. The number of carbonyl (C=O) groups is 2. The molecule has 0 aliphatic heterocycles. The van der Waals surface area contributed by atoms with Crippen molar-refractivity contribution in [2.24, 2.45) is 23.7 Å². The quantitative estimate of drug-likeness (QED) is 0.778. The second-order valence-electron chi connectivity index (χ2n) is 7.62. The highest BCUT2D eigenvalue weighted by atomic mass is 16.2. The number of nitriles is 2. The molecule has 1 aromatic carbocycles. The lowest BCUT2D eigenvalue weighted by molar-refractivity contribution is -0.125. The van der Waals surface area contributed by atoms with E-state index in [9.17, 15) is 9.59 Å². The first-order chi connectivity index (χ1) is 12.5. The Morgan fingerprint density at radius 3 is 1.85 bits per heavy atom. The van der Waals surface area contributed by atoms with Crippen molar-refractivity contribution in [2.45, 2.75) is 52.4 Å². The maximum absolute atomic E-state index is 13.2. The summed E-state index contributed by atoms with van der Waals surface area (Å²) >= 11 is 0. The van der Waals surface area contributed by atoms with Crippen molar-refractivity contribution in [3.8, 4) is 12.1 Å². The predicted octanol–water partition coefficient (Wildman–Crippen LogP) is 3.66. The van der Waals surface area contributed by atoms with E-state index in [2.05, 4.69) is 26.0 Å². The fourth-order valence-electron chi connectivity index (χ4n) is 4.98. The molecule has 1 aromatic rings. The summed E-state index contributed by atoms with van der Waals surface area (Å²) in [4.78, 5) is 26.4. The van der Waals surface area contributed by atoms with Gasteiger partial charge in [-0.1, -0.05) is 31.5 Å². The molecule has 2 fully saturated rings. The van der Waals surface area contributed by atoms with Crippen LogP contribution in [-0.4, -0.2) is 11.6 Å². The summed E-state index contributed by atoms with van der Waals surface area (Å²) in [5.41, 5.74) is 4.28. The molecule has 2 saturated carbocycles. The molecule has 134 valence electrons. The van der Waals surface area contributed by atoms with Crippen LogP contribution >= 0.6 is 0 Å². The topological polar surface area (TPSA) is 81.7 Å². The van der Waals surface area contributed by atoms with E-state index in [-0.39, 0.29) is 29.3 Å². The molecule has 2 atom stereocenters. The van der Waals surface area contributed by atoms with Crippen LogP contribution in [0, 0.1) is 53.3 Å². The predicted molar refractivity (Wildman–Crippen MR) is 97.1 cm³/mol. The zero-order chi connectivity index (χ0) is 19.0. The standard InChI is InChI=1S/C22H24N2O2/c1-4-13-6-12(3)7-14(5-2)19(13)20-21(25)17-8-15(16(10-23)11-24)9-18(17)22(20)26/h6-7,15-18,20H,4-5,8-9H2,1-3H3. The van der Waals surface area contributed by atoms with Crippen molar-refractivity contribution in [3.05, 3.63) is 34.4 Å². The van der Waals surface area contributed by atoms with Crippen LogP contribution in [0.1, 0.15) is 54.9 Å². The summed E-state index contributed by atoms with van der Waals surface area (Å²) in [7, 11) is 0. The average molecular weight is 348 g/mol. The summed E-state index contributed by atoms with van der Waals surface area (Å²) in [6.07, 6.45) is 2.58. The minimum absolute atomic E-state index is 0.00498. The summed E-state index contributed by atoms with van der Waals surface area (Å²) in [5, 5.41) is 18.3. The monoisotopic (exact) mass is 348 g/mol. The lowest BCUT2D eigenvalue weighted by atomic mass is 9.81. The fraction of sp³-hybridized carbons (Fsp3) is 0.545. The molecule has 4 heteroatoms. The van der Waals surface area contributed by atoms with E-state index in [1.807, 2.05) is 19.1 Å². The number of ketones is 2. The molecule has 0 saturated heterocycles. The van der Waals surface area contributed by atoms with Crippen molar-refractivity contribution in [1.29, 1.82) is 10.5 Å². The van der Waals surface area contributed by atoms with Crippen molar-refractivity contribution in [3.63, 3.8) is 0 Å². The normalized spacial score (nSPS) is 27.5. The van der Waals surface area contributed by atoms with Crippen LogP contribution in [0.3, 0.4) is 0 Å². The number of hydrogen-bond donors (Lipinski definition) is 0. The van der Waals surface area contributed by atoms with Crippen LogP contribution in [0.4, 0.5) is 0 Å². The van der Waals surface area contributed by atoms with Gasteiger partial charge >= 0.3 is 0 Å². The van der Waals surface area contributed by atoms with Gasteiger partial charge in [-0.15, -0.1) is 0 Å². The smallest absolute Gasteiger partial charge is 0.151 e. The van der Waals surface area contributed by atoms with Crippen LogP contribution in [-0.2, 0) is 22.4 Å². The third-order valence-corrected chi connectivity index (χ3v) is 6.19. The maximum atomic E-state index is 13.2. The SMILES string of the molecule is CCc1cc(C)cc(CC)c1C1C(=O)C2CC(C(C#N)C#N)CC2C1=O. The van der Waals surface area contributed by atoms with Gasteiger partial charge in [-0.25, -0.2) is 0 Å². The molecule has 0 N–H and O–H groups in total. The Morgan fingerprint density at radius 2 is 1.46 bits per heavy atom. The number of Topliss-reactive ketones (excluding diaryl/α,β-unsaturated/α-hetero) is 2. The Labute approximate surface area is 154 Å². The molecule has 0 heterocycles. The van der Waals surface area contributed by atoms with E-state index in [1.165, 1.54) is 0 Å². The van der Waals surface area contributed by atoms with Gasteiger partial charge in [0.2, 0.25) is 0 Å². The van der Waals surface area contributed by atoms with Gasteiger partial charge in [0.1, 0.15) is 11.8 Å². The molecule has 2 aliphatic carbocycles. The molecule has 4 nitrogen and oxygen atoms in total. The molecule has 0 aromatic heterocycles. The van der Waals surface area contributed by atoms with Crippen molar-refractivity contribution in [1.82, 2.24) is 0 Å². The molecule has 26 heavy (non-hydrogen) atoms. The molecule has 2 unspecified atom stereocenters. The first-order valence-electron chi connectivity index (χ1n) is 9.45. The first-order valence-corrected chi connectivity index (χ1v) is 9.45. The number of aryl methyl sites for hydroxylation is 3. The second kappa shape index (κ2) is 7.04. The Balaban J connectivity index is 1.98. The summed E-state index contributed by atoms with van der Waals surface area (Å²) in [6.45, 7) is 6.16. The minimum Gasteiger partial charge on any atom is -0.298 e. The zero-order valence-electron chi connectivity index (χ0n) is 15.6. The third-order valence-electron chi connectivity index (χ3n) is 6.19.